The SMILES string of the molecule is CNCCC#Cc1cc([N+](=O)[O-])cc(F)c1N. The molecule has 0 aromatic heterocycles. The zero-order valence-electron chi connectivity index (χ0n) is 9.29. The number of nitrogens with zero attached hydrogens (tertiary/aromatic N) is 1. The third-order valence-electron chi connectivity index (χ3n) is 2.05. The molecule has 5 nitrogen and oxygen atoms in total. The molecule has 0 spiro atoms. The van der Waals surface area contributed by atoms with Gasteiger partial charge in [0.15, 0.2) is 5.82 Å². The number of nitrogen functional groups attached to an aromatic ring is 1. The number of benzene rings is 1. The van der Waals surface area contributed by atoms with Crippen molar-refractivity contribution in [1.82, 2.24) is 5.32 Å². The first-order valence-electron chi connectivity index (χ1n) is 4.93. The summed E-state index contributed by atoms with van der Waals surface area (Å²) in [6.45, 7) is 0.685. The molecule has 6 heteroatoms. The molecule has 0 heterocycles. The van der Waals surface area contributed by atoms with E-state index in [0.29, 0.717) is 13.0 Å². The van der Waals surface area contributed by atoms with Crippen molar-refractivity contribution in [3.05, 3.63) is 33.6 Å². The number of halogens is 1. The van der Waals surface area contributed by atoms with Gasteiger partial charge in [0.05, 0.1) is 22.2 Å². The lowest BCUT2D eigenvalue weighted by Crippen LogP contribution is -2.06. The van der Waals surface area contributed by atoms with Crippen molar-refractivity contribution >= 4 is 11.4 Å². The van der Waals surface area contributed by atoms with Gasteiger partial charge in [-0.3, -0.25) is 10.1 Å². The molecule has 0 radical (unpaired) electrons. The smallest absolute Gasteiger partial charge is 0.273 e. The fourth-order valence-electron chi connectivity index (χ4n) is 1.16. The van der Waals surface area contributed by atoms with E-state index in [9.17, 15) is 14.5 Å². The maximum absolute atomic E-state index is 13.3. The molecular weight excluding hydrogens is 225 g/mol. The largest absolute Gasteiger partial charge is 0.395 e. The van der Waals surface area contributed by atoms with Crippen LogP contribution in [0.2, 0.25) is 0 Å². The molecule has 3 N–H and O–H groups in total. The minimum atomic E-state index is -0.822. The van der Waals surface area contributed by atoms with Gasteiger partial charge in [0.2, 0.25) is 0 Å². The highest BCUT2D eigenvalue weighted by Gasteiger charge is 2.13. The average Bonchev–Trinajstić information content (AvgIpc) is 2.29. The van der Waals surface area contributed by atoms with Crippen LogP contribution < -0.4 is 11.1 Å². The summed E-state index contributed by atoms with van der Waals surface area (Å²) in [6.07, 6.45) is 0.556. The highest BCUT2D eigenvalue weighted by atomic mass is 19.1. The van der Waals surface area contributed by atoms with Gasteiger partial charge in [-0.15, -0.1) is 0 Å². The van der Waals surface area contributed by atoms with E-state index < -0.39 is 10.7 Å². The molecule has 0 bridgehead atoms. The molecule has 0 amide bonds. The van der Waals surface area contributed by atoms with E-state index in [0.717, 1.165) is 6.07 Å². The molecule has 0 aliphatic heterocycles. The molecule has 0 saturated heterocycles. The number of hydrogen-bond acceptors (Lipinski definition) is 4. The van der Waals surface area contributed by atoms with Crippen LogP contribution in [0.25, 0.3) is 0 Å². The second-order valence-corrected chi connectivity index (χ2v) is 3.30. The summed E-state index contributed by atoms with van der Waals surface area (Å²) in [7, 11) is 1.78. The van der Waals surface area contributed by atoms with E-state index >= 15 is 0 Å². The van der Waals surface area contributed by atoms with E-state index in [1.165, 1.54) is 6.07 Å². The summed E-state index contributed by atoms with van der Waals surface area (Å²) >= 11 is 0. The number of non-ortho nitro benzene ring substituents is 1. The Morgan fingerprint density at radius 2 is 2.29 bits per heavy atom. The first kappa shape index (κ1) is 12.9. The maximum atomic E-state index is 13.3. The van der Waals surface area contributed by atoms with Crippen LogP contribution in [0, 0.1) is 27.8 Å². The number of nitrogens with one attached hydrogen (secondary N) is 1. The second kappa shape index (κ2) is 5.82. The van der Waals surface area contributed by atoms with Gasteiger partial charge < -0.3 is 11.1 Å². The second-order valence-electron chi connectivity index (χ2n) is 3.30. The van der Waals surface area contributed by atoms with Gasteiger partial charge in [0, 0.05) is 19.0 Å². The zero-order chi connectivity index (χ0) is 12.8. The molecule has 0 aliphatic rings. The molecule has 0 saturated carbocycles. The van der Waals surface area contributed by atoms with E-state index in [1.807, 2.05) is 0 Å². The summed E-state index contributed by atoms with van der Waals surface area (Å²) in [5, 5.41) is 13.4. The Bertz CT molecular complexity index is 491. The molecule has 0 fully saturated rings. The summed E-state index contributed by atoms with van der Waals surface area (Å²) in [6, 6.07) is 1.96. The summed E-state index contributed by atoms with van der Waals surface area (Å²) in [4.78, 5) is 9.85. The lowest BCUT2D eigenvalue weighted by Gasteiger charge is -2.00. The average molecular weight is 237 g/mol. The van der Waals surface area contributed by atoms with Gasteiger partial charge in [0.1, 0.15) is 0 Å². The monoisotopic (exact) mass is 237 g/mol. The van der Waals surface area contributed by atoms with Crippen LogP contribution in [0.15, 0.2) is 12.1 Å². The Kier molecular flexibility index (Phi) is 4.43. The van der Waals surface area contributed by atoms with Crippen molar-refractivity contribution in [2.24, 2.45) is 0 Å². The molecule has 0 unspecified atom stereocenters. The molecule has 0 aliphatic carbocycles. The summed E-state index contributed by atoms with van der Waals surface area (Å²) in [5.41, 5.74) is 5.08. The van der Waals surface area contributed by atoms with Crippen LogP contribution in [-0.2, 0) is 0 Å². The molecule has 1 aromatic carbocycles. The topological polar surface area (TPSA) is 81.2 Å². The Balaban J connectivity index is 3.04. The molecule has 1 aromatic rings. The van der Waals surface area contributed by atoms with E-state index in [4.69, 9.17) is 5.73 Å². The molecule has 90 valence electrons. The molecule has 1 rings (SSSR count). The quantitative estimate of drug-likeness (QED) is 0.273. The van der Waals surface area contributed by atoms with Gasteiger partial charge in [-0.05, 0) is 7.05 Å². The number of rotatable bonds is 3. The Hall–Kier alpha value is -2.13. The van der Waals surface area contributed by atoms with Crippen molar-refractivity contribution in [2.45, 2.75) is 6.42 Å². The van der Waals surface area contributed by atoms with Crippen LogP contribution >= 0.6 is 0 Å². The third kappa shape index (κ3) is 3.43. The fourth-order valence-corrected chi connectivity index (χ4v) is 1.16. The zero-order valence-corrected chi connectivity index (χ0v) is 9.29. The Labute approximate surface area is 98.0 Å². The minimum Gasteiger partial charge on any atom is -0.395 e. The van der Waals surface area contributed by atoms with Crippen molar-refractivity contribution < 1.29 is 9.31 Å². The van der Waals surface area contributed by atoms with Crippen molar-refractivity contribution in [3.8, 4) is 11.8 Å². The molecule has 0 atom stereocenters. The van der Waals surface area contributed by atoms with Gasteiger partial charge in [-0.2, -0.15) is 0 Å². The predicted octanol–water partition coefficient (Wildman–Crippen LogP) is 1.28. The van der Waals surface area contributed by atoms with Crippen LogP contribution in [0.4, 0.5) is 15.8 Å². The van der Waals surface area contributed by atoms with E-state index in [2.05, 4.69) is 17.2 Å². The normalized spacial score (nSPS) is 9.53. The molecule has 17 heavy (non-hydrogen) atoms. The van der Waals surface area contributed by atoms with Crippen molar-refractivity contribution in [3.63, 3.8) is 0 Å². The highest BCUT2D eigenvalue weighted by Crippen LogP contribution is 2.22. The number of nitrogens with two attached hydrogens (primary N) is 1. The van der Waals surface area contributed by atoms with E-state index in [-0.39, 0.29) is 16.9 Å². The Morgan fingerprint density at radius 3 is 2.88 bits per heavy atom. The number of hydrogen-bond donors (Lipinski definition) is 2. The lowest BCUT2D eigenvalue weighted by atomic mass is 10.1. The molecular formula is C11H12FN3O2. The van der Waals surface area contributed by atoms with Gasteiger partial charge in [-0.25, -0.2) is 4.39 Å². The first-order valence-corrected chi connectivity index (χ1v) is 4.93. The van der Waals surface area contributed by atoms with Gasteiger partial charge in [-0.1, -0.05) is 11.8 Å². The van der Waals surface area contributed by atoms with Crippen LogP contribution in [0.3, 0.4) is 0 Å². The lowest BCUT2D eigenvalue weighted by molar-refractivity contribution is -0.385. The number of nitro groups is 1. The highest BCUT2D eigenvalue weighted by molar-refractivity contribution is 5.61. The standard InChI is InChI=1S/C11H12FN3O2/c1-14-5-3-2-4-8-6-9(15(16)17)7-10(12)11(8)13/h6-7,14H,3,5,13H2,1H3. The fraction of sp³-hybridized carbons (Fsp3) is 0.273. The minimum absolute atomic E-state index is 0.146. The van der Waals surface area contributed by atoms with Crippen molar-refractivity contribution in [1.29, 1.82) is 0 Å². The van der Waals surface area contributed by atoms with Gasteiger partial charge in [0.25, 0.3) is 5.69 Å². The van der Waals surface area contributed by atoms with Crippen LogP contribution in [0.1, 0.15) is 12.0 Å². The Morgan fingerprint density at radius 1 is 1.59 bits per heavy atom. The van der Waals surface area contributed by atoms with Crippen molar-refractivity contribution in [2.75, 3.05) is 19.3 Å². The first-order chi connectivity index (χ1) is 8.06. The number of anilines is 1. The summed E-state index contributed by atoms with van der Waals surface area (Å²) in [5.74, 6) is 4.56. The summed E-state index contributed by atoms with van der Waals surface area (Å²) < 4.78 is 13.3. The third-order valence-corrected chi connectivity index (χ3v) is 2.05. The van der Waals surface area contributed by atoms with Crippen LogP contribution in [-0.4, -0.2) is 18.5 Å². The van der Waals surface area contributed by atoms with E-state index in [1.54, 1.807) is 7.05 Å². The maximum Gasteiger partial charge on any atom is 0.273 e. The predicted molar refractivity (Wildman–Crippen MR) is 62.9 cm³/mol. The van der Waals surface area contributed by atoms with Gasteiger partial charge >= 0.3 is 0 Å². The number of nitro benzene ring substituents is 1. The van der Waals surface area contributed by atoms with Crippen LogP contribution in [0.5, 0.6) is 0 Å².